The lowest BCUT2D eigenvalue weighted by Gasteiger charge is -2.32. The van der Waals surface area contributed by atoms with Crippen molar-refractivity contribution in [2.45, 2.75) is 32.7 Å². The van der Waals surface area contributed by atoms with Crippen molar-refractivity contribution in [3.05, 3.63) is 217 Å². The van der Waals surface area contributed by atoms with Gasteiger partial charge in [-0.1, -0.05) is 178 Å². The molecule has 1 aliphatic heterocycles. The lowest BCUT2D eigenvalue weighted by atomic mass is 9.77. The van der Waals surface area contributed by atoms with Gasteiger partial charge in [-0.15, -0.1) is 11.3 Å². The summed E-state index contributed by atoms with van der Waals surface area (Å²) < 4.78 is 5.10. The molecule has 0 saturated carbocycles. The maximum atomic E-state index is 6.20. The standard InChI is InChI=1S/C60H46N2S/c1-3-46-48(42-31-29-40(30-32-42)39-16-5-4-6-17-39)33-28-38(2)59(61-60(46)50-25-15-21-41-18-9-10-22-47(41)50)53-36-45(37-57-58(53)51-24-12-14-27-56(51)63-57)62-54-26-13-11-23-49(54)52-34-43-19-7-8-20-44(43)35-55(52)62/h4-27,29-38,46,60H,3,28H2,1-2H3/b48-33+,61-59?. The Hall–Kier alpha value is -7.07. The monoisotopic (exact) mass is 826 g/mol. The van der Waals surface area contributed by atoms with Crippen LogP contribution in [0.15, 0.2) is 205 Å². The van der Waals surface area contributed by atoms with Crippen molar-refractivity contribution >= 4 is 86.1 Å². The van der Waals surface area contributed by atoms with Gasteiger partial charge in [0.25, 0.3) is 0 Å². The molecule has 302 valence electrons. The van der Waals surface area contributed by atoms with Crippen LogP contribution in [0.25, 0.3) is 85.9 Å². The lowest BCUT2D eigenvalue weighted by Crippen LogP contribution is -2.22. The first-order valence-corrected chi connectivity index (χ1v) is 23.2. The number of aromatic nitrogens is 1. The highest BCUT2D eigenvalue weighted by atomic mass is 32.1. The van der Waals surface area contributed by atoms with E-state index in [1.807, 2.05) is 11.3 Å². The minimum atomic E-state index is -0.109. The van der Waals surface area contributed by atoms with Gasteiger partial charge in [0.1, 0.15) is 0 Å². The zero-order valence-corrected chi connectivity index (χ0v) is 36.3. The molecule has 0 bridgehead atoms. The van der Waals surface area contributed by atoms with E-state index in [0.717, 1.165) is 12.8 Å². The summed E-state index contributed by atoms with van der Waals surface area (Å²) in [6.45, 7) is 4.75. The summed E-state index contributed by atoms with van der Waals surface area (Å²) in [5, 5.41) is 10.2. The van der Waals surface area contributed by atoms with Gasteiger partial charge in [-0.25, -0.2) is 0 Å². The molecule has 0 amide bonds. The molecule has 2 nitrogen and oxygen atoms in total. The van der Waals surface area contributed by atoms with Crippen molar-refractivity contribution < 1.29 is 0 Å². The van der Waals surface area contributed by atoms with Crippen LogP contribution in [0.5, 0.6) is 0 Å². The average Bonchev–Trinajstić information content (AvgIpc) is 3.87. The number of benzene rings is 9. The molecule has 11 aromatic rings. The van der Waals surface area contributed by atoms with Crippen LogP contribution in [0.1, 0.15) is 49.4 Å². The summed E-state index contributed by atoms with van der Waals surface area (Å²) in [5.74, 6) is 0.308. The fraction of sp³-hybridized carbons (Fsp3) is 0.117. The molecule has 2 aromatic heterocycles. The predicted octanol–water partition coefficient (Wildman–Crippen LogP) is 16.8. The van der Waals surface area contributed by atoms with Crippen molar-refractivity contribution in [1.29, 1.82) is 0 Å². The van der Waals surface area contributed by atoms with Crippen LogP contribution < -0.4 is 0 Å². The fourth-order valence-electron chi connectivity index (χ4n) is 10.6. The van der Waals surface area contributed by atoms with E-state index in [2.05, 4.69) is 219 Å². The van der Waals surface area contributed by atoms with Crippen LogP contribution in [-0.2, 0) is 0 Å². The van der Waals surface area contributed by atoms with Gasteiger partial charge < -0.3 is 4.57 Å². The molecule has 0 saturated heterocycles. The number of hydrogen-bond acceptors (Lipinski definition) is 2. The van der Waals surface area contributed by atoms with Crippen molar-refractivity contribution in [2.75, 3.05) is 0 Å². The minimum absolute atomic E-state index is 0.109. The number of aliphatic imine (C=N–C) groups is 1. The number of hydrogen-bond donors (Lipinski definition) is 0. The molecule has 0 aliphatic carbocycles. The molecule has 9 aromatic carbocycles. The summed E-state index contributed by atoms with van der Waals surface area (Å²) in [4.78, 5) is 6.20. The van der Waals surface area contributed by atoms with Crippen LogP contribution in [0.2, 0.25) is 0 Å². The Balaban J connectivity index is 1.11. The van der Waals surface area contributed by atoms with Gasteiger partial charge >= 0.3 is 0 Å². The van der Waals surface area contributed by atoms with Crippen molar-refractivity contribution in [2.24, 2.45) is 16.8 Å². The molecule has 0 spiro atoms. The van der Waals surface area contributed by atoms with E-state index in [9.17, 15) is 0 Å². The predicted molar refractivity (Wildman–Crippen MR) is 272 cm³/mol. The maximum absolute atomic E-state index is 6.20. The van der Waals surface area contributed by atoms with E-state index in [1.165, 1.54) is 108 Å². The molecular weight excluding hydrogens is 781 g/mol. The number of thiophene rings is 1. The molecule has 63 heavy (non-hydrogen) atoms. The zero-order chi connectivity index (χ0) is 42.0. The Bertz CT molecular complexity index is 3600. The third-order valence-corrected chi connectivity index (χ3v) is 14.8. The molecular formula is C60H46N2S. The van der Waals surface area contributed by atoms with Crippen LogP contribution in [-0.4, -0.2) is 10.3 Å². The number of nitrogens with zero attached hydrogens (tertiary/aromatic N) is 2. The topological polar surface area (TPSA) is 17.3 Å². The molecule has 0 N–H and O–H groups in total. The molecule has 3 atom stereocenters. The Morgan fingerprint density at radius 2 is 1.19 bits per heavy atom. The Kier molecular flexibility index (Phi) is 9.19. The zero-order valence-electron chi connectivity index (χ0n) is 35.5. The molecule has 1 aliphatic rings. The second-order valence-corrected chi connectivity index (χ2v) is 18.4. The average molecular weight is 827 g/mol. The molecule has 3 heteroatoms. The van der Waals surface area contributed by atoms with Gasteiger partial charge in [0.2, 0.25) is 0 Å². The van der Waals surface area contributed by atoms with Crippen molar-refractivity contribution in [3.63, 3.8) is 0 Å². The van der Waals surface area contributed by atoms with E-state index in [0.29, 0.717) is 0 Å². The number of para-hydroxylation sites is 1. The van der Waals surface area contributed by atoms with Crippen molar-refractivity contribution in [3.8, 4) is 16.8 Å². The highest BCUT2D eigenvalue weighted by molar-refractivity contribution is 7.25. The summed E-state index contributed by atoms with van der Waals surface area (Å²) in [6.07, 6.45) is 4.41. The van der Waals surface area contributed by atoms with Gasteiger partial charge in [-0.3, -0.25) is 4.99 Å². The highest BCUT2D eigenvalue weighted by Crippen LogP contribution is 2.46. The summed E-state index contributed by atoms with van der Waals surface area (Å²) >= 11 is 1.90. The first kappa shape index (κ1) is 37.7. The summed E-state index contributed by atoms with van der Waals surface area (Å²) in [7, 11) is 0. The van der Waals surface area contributed by atoms with E-state index < -0.39 is 0 Å². The molecule has 0 fully saturated rings. The van der Waals surface area contributed by atoms with Crippen LogP contribution in [0.4, 0.5) is 0 Å². The molecule has 12 rings (SSSR count). The van der Waals surface area contributed by atoms with Crippen molar-refractivity contribution in [1.82, 2.24) is 4.57 Å². The third-order valence-electron chi connectivity index (χ3n) is 13.7. The Labute approximate surface area is 372 Å². The largest absolute Gasteiger partial charge is 0.309 e. The smallest absolute Gasteiger partial charge is 0.0827 e. The minimum Gasteiger partial charge on any atom is -0.309 e. The number of fused-ring (bicyclic) bond motifs is 8. The SMILES string of the molecule is CCC1/C(c2ccc(-c3ccccc3)cc2)=C/CC(C)C(c2cc(-n3c4ccccc4c4cc5ccccc5cc43)cc3sc4ccccc4c23)=NC1c1cccc2ccccc12. The van der Waals surface area contributed by atoms with Gasteiger partial charge in [-0.05, 0) is 98.6 Å². The quantitative estimate of drug-likeness (QED) is 0.159. The maximum Gasteiger partial charge on any atom is 0.0827 e. The second-order valence-electron chi connectivity index (χ2n) is 17.3. The third kappa shape index (κ3) is 6.33. The van der Waals surface area contributed by atoms with E-state index in [4.69, 9.17) is 4.99 Å². The molecule has 0 radical (unpaired) electrons. The lowest BCUT2D eigenvalue weighted by molar-refractivity contribution is 0.516. The van der Waals surface area contributed by atoms with Gasteiger partial charge in [0.05, 0.1) is 17.1 Å². The highest BCUT2D eigenvalue weighted by Gasteiger charge is 2.32. The second kappa shape index (κ2) is 15.4. The number of allylic oxidation sites excluding steroid dienone is 1. The fourth-order valence-corrected chi connectivity index (χ4v) is 11.8. The van der Waals surface area contributed by atoms with Crippen LogP contribution >= 0.6 is 11.3 Å². The van der Waals surface area contributed by atoms with Crippen LogP contribution in [0, 0.1) is 11.8 Å². The first-order chi connectivity index (χ1) is 31.1. The molecule has 3 unspecified atom stereocenters. The van der Waals surface area contributed by atoms with Crippen LogP contribution in [0.3, 0.4) is 0 Å². The van der Waals surface area contributed by atoms with E-state index >= 15 is 0 Å². The van der Waals surface area contributed by atoms with E-state index in [-0.39, 0.29) is 17.9 Å². The normalized spacial score (nSPS) is 17.9. The van der Waals surface area contributed by atoms with Gasteiger partial charge in [0, 0.05) is 59.7 Å². The van der Waals surface area contributed by atoms with E-state index in [1.54, 1.807) is 0 Å². The number of rotatable bonds is 6. The Morgan fingerprint density at radius 1 is 0.540 bits per heavy atom. The van der Waals surface area contributed by atoms with Gasteiger partial charge in [0.15, 0.2) is 0 Å². The van der Waals surface area contributed by atoms with Gasteiger partial charge in [-0.2, -0.15) is 0 Å². The Morgan fingerprint density at radius 3 is 2.00 bits per heavy atom. The first-order valence-electron chi connectivity index (χ1n) is 22.4. The summed E-state index contributed by atoms with van der Waals surface area (Å²) in [6, 6.07) is 71.9. The molecule has 3 heterocycles. The summed E-state index contributed by atoms with van der Waals surface area (Å²) in [5.41, 5.74) is 12.5.